The maximum Gasteiger partial charge on any atom is 0.109 e. The van der Waals surface area contributed by atoms with Crippen LogP contribution in [0.4, 0.5) is 0 Å². The molecule has 0 spiro atoms. The van der Waals surface area contributed by atoms with Crippen LogP contribution in [0.1, 0.15) is 25.0 Å². The number of hydrogen-bond donors (Lipinski definition) is 1. The van der Waals surface area contributed by atoms with Crippen molar-refractivity contribution in [3.63, 3.8) is 0 Å². The van der Waals surface area contributed by atoms with Gasteiger partial charge in [0.25, 0.3) is 0 Å². The molecule has 1 unspecified atom stereocenters. The van der Waals surface area contributed by atoms with E-state index in [1.54, 1.807) is 0 Å². The Morgan fingerprint density at radius 1 is 1.29 bits per heavy atom. The predicted molar refractivity (Wildman–Crippen MR) is 54.9 cm³/mol. The summed E-state index contributed by atoms with van der Waals surface area (Å²) >= 11 is 0. The van der Waals surface area contributed by atoms with Crippen molar-refractivity contribution in [3.8, 4) is 0 Å². The first kappa shape index (κ1) is 9.69. The number of aliphatic hydroxyl groups excluding tert-OH is 1. The molecule has 1 saturated heterocycles. The van der Waals surface area contributed by atoms with Gasteiger partial charge in [0.1, 0.15) is 6.10 Å². The second-order valence-electron chi connectivity index (χ2n) is 3.96. The Bertz CT molecular complexity index is 284. The normalized spacial score (nSPS) is 32.9. The summed E-state index contributed by atoms with van der Waals surface area (Å²) in [4.78, 5) is 0. The van der Waals surface area contributed by atoms with E-state index in [4.69, 9.17) is 4.74 Å². The van der Waals surface area contributed by atoms with Crippen molar-refractivity contribution >= 4 is 0 Å². The molecule has 76 valence electrons. The molecular formula is C12H16O2. The molecule has 2 rings (SSSR count). The van der Waals surface area contributed by atoms with E-state index in [9.17, 15) is 5.11 Å². The van der Waals surface area contributed by atoms with Gasteiger partial charge in [-0.25, -0.2) is 0 Å². The number of ether oxygens (including phenoxy) is 1. The molecule has 0 aromatic heterocycles. The molecule has 1 aromatic rings. The fourth-order valence-corrected chi connectivity index (χ4v) is 1.88. The second kappa shape index (κ2) is 4.11. The third kappa shape index (κ3) is 1.81. The summed E-state index contributed by atoms with van der Waals surface area (Å²) in [6.07, 6.45) is 0.441. The van der Waals surface area contributed by atoms with Crippen molar-refractivity contribution < 1.29 is 9.84 Å². The van der Waals surface area contributed by atoms with Crippen LogP contribution >= 0.6 is 0 Å². The lowest BCUT2D eigenvalue weighted by molar-refractivity contribution is -0.103. The van der Waals surface area contributed by atoms with Gasteiger partial charge in [-0.05, 0) is 17.9 Å². The van der Waals surface area contributed by atoms with Crippen LogP contribution < -0.4 is 0 Å². The van der Waals surface area contributed by atoms with Crippen molar-refractivity contribution in [2.75, 3.05) is 6.61 Å². The van der Waals surface area contributed by atoms with E-state index < -0.39 is 0 Å². The predicted octanol–water partition coefficient (Wildman–Crippen LogP) is 2.15. The SMILES string of the molecule is CC1CCO[C@@H](c2ccccc2)[C@H]1O. The highest BCUT2D eigenvalue weighted by Gasteiger charge is 2.30. The highest BCUT2D eigenvalue weighted by molar-refractivity contribution is 5.19. The molecule has 0 saturated carbocycles. The summed E-state index contributed by atoms with van der Waals surface area (Å²) in [5, 5.41) is 9.97. The third-order valence-electron chi connectivity index (χ3n) is 2.89. The highest BCUT2D eigenvalue weighted by Crippen LogP contribution is 2.31. The Morgan fingerprint density at radius 3 is 2.71 bits per heavy atom. The molecule has 1 fully saturated rings. The Balaban J connectivity index is 2.17. The summed E-state index contributed by atoms with van der Waals surface area (Å²) in [7, 11) is 0. The highest BCUT2D eigenvalue weighted by atomic mass is 16.5. The molecule has 0 aliphatic carbocycles. The topological polar surface area (TPSA) is 29.5 Å². The minimum atomic E-state index is -0.369. The largest absolute Gasteiger partial charge is 0.390 e. The van der Waals surface area contributed by atoms with Crippen molar-refractivity contribution in [1.29, 1.82) is 0 Å². The standard InChI is InChI=1S/C12H16O2/c1-9-7-8-14-12(11(9)13)10-5-3-2-4-6-10/h2-6,9,11-13H,7-8H2,1H3/t9?,11-,12-/m0/s1. The molecule has 3 atom stereocenters. The first-order chi connectivity index (χ1) is 6.79. The van der Waals surface area contributed by atoms with Crippen LogP contribution in [0, 0.1) is 5.92 Å². The lowest BCUT2D eigenvalue weighted by atomic mass is 9.90. The lowest BCUT2D eigenvalue weighted by Gasteiger charge is -2.33. The van der Waals surface area contributed by atoms with E-state index >= 15 is 0 Å². The van der Waals surface area contributed by atoms with Crippen molar-refractivity contribution in [1.82, 2.24) is 0 Å². The van der Waals surface area contributed by atoms with Crippen LogP contribution in [0.3, 0.4) is 0 Å². The molecule has 1 N–H and O–H groups in total. The zero-order valence-electron chi connectivity index (χ0n) is 8.39. The Labute approximate surface area is 84.5 Å². The van der Waals surface area contributed by atoms with Gasteiger partial charge in [0.2, 0.25) is 0 Å². The summed E-state index contributed by atoms with van der Waals surface area (Å²) in [5.41, 5.74) is 1.08. The molecule has 2 nitrogen and oxygen atoms in total. The maximum atomic E-state index is 9.97. The zero-order valence-corrected chi connectivity index (χ0v) is 8.39. The van der Waals surface area contributed by atoms with Crippen LogP contribution in [0.25, 0.3) is 0 Å². The van der Waals surface area contributed by atoms with Gasteiger partial charge in [-0.1, -0.05) is 37.3 Å². The van der Waals surface area contributed by atoms with Crippen LogP contribution in [0.15, 0.2) is 30.3 Å². The molecule has 0 radical (unpaired) electrons. The summed E-state index contributed by atoms with van der Waals surface area (Å²) in [6.45, 7) is 2.82. The summed E-state index contributed by atoms with van der Waals surface area (Å²) in [6, 6.07) is 9.94. The van der Waals surface area contributed by atoms with Crippen LogP contribution in [-0.2, 0) is 4.74 Å². The molecule has 0 amide bonds. The molecule has 1 heterocycles. The fraction of sp³-hybridized carbons (Fsp3) is 0.500. The van der Waals surface area contributed by atoms with Gasteiger partial charge in [-0.2, -0.15) is 0 Å². The average molecular weight is 192 g/mol. The number of hydrogen-bond acceptors (Lipinski definition) is 2. The summed E-state index contributed by atoms with van der Waals surface area (Å²) < 4.78 is 5.60. The molecule has 1 aliphatic rings. The van der Waals surface area contributed by atoms with Crippen molar-refractivity contribution in [2.24, 2.45) is 5.92 Å². The van der Waals surface area contributed by atoms with Gasteiger partial charge >= 0.3 is 0 Å². The Kier molecular flexibility index (Phi) is 2.85. The molecule has 0 bridgehead atoms. The monoisotopic (exact) mass is 192 g/mol. The van der Waals surface area contributed by atoms with E-state index in [-0.39, 0.29) is 12.2 Å². The quantitative estimate of drug-likeness (QED) is 0.738. The van der Waals surface area contributed by atoms with Gasteiger partial charge in [-0.15, -0.1) is 0 Å². The van der Waals surface area contributed by atoms with Gasteiger partial charge in [0.15, 0.2) is 0 Å². The number of rotatable bonds is 1. The van der Waals surface area contributed by atoms with Gasteiger partial charge in [-0.3, -0.25) is 0 Å². The minimum Gasteiger partial charge on any atom is -0.390 e. The first-order valence-electron chi connectivity index (χ1n) is 5.13. The zero-order chi connectivity index (χ0) is 9.97. The molecule has 14 heavy (non-hydrogen) atoms. The van der Waals surface area contributed by atoms with E-state index in [0.717, 1.165) is 18.6 Å². The maximum absolute atomic E-state index is 9.97. The van der Waals surface area contributed by atoms with Gasteiger partial charge in [0, 0.05) is 6.61 Å². The Hall–Kier alpha value is -0.860. The van der Waals surface area contributed by atoms with E-state index in [1.165, 1.54) is 0 Å². The average Bonchev–Trinajstić information content (AvgIpc) is 2.23. The fourth-order valence-electron chi connectivity index (χ4n) is 1.88. The number of aliphatic hydroxyl groups is 1. The molecular weight excluding hydrogens is 176 g/mol. The first-order valence-corrected chi connectivity index (χ1v) is 5.13. The van der Waals surface area contributed by atoms with Crippen molar-refractivity contribution in [2.45, 2.75) is 25.6 Å². The van der Waals surface area contributed by atoms with Crippen LogP contribution in [0.2, 0.25) is 0 Å². The van der Waals surface area contributed by atoms with Crippen molar-refractivity contribution in [3.05, 3.63) is 35.9 Å². The van der Waals surface area contributed by atoms with Crippen LogP contribution in [-0.4, -0.2) is 17.8 Å². The molecule has 1 aliphatic heterocycles. The second-order valence-corrected chi connectivity index (χ2v) is 3.96. The van der Waals surface area contributed by atoms with E-state index in [0.29, 0.717) is 5.92 Å². The molecule has 1 aromatic carbocycles. The molecule has 2 heteroatoms. The minimum absolute atomic E-state index is 0.139. The third-order valence-corrected chi connectivity index (χ3v) is 2.89. The lowest BCUT2D eigenvalue weighted by Crippen LogP contribution is -2.33. The number of benzene rings is 1. The van der Waals surface area contributed by atoms with E-state index in [1.807, 2.05) is 30.3 Å². The van der Waals surface area contributed by atoms with Gasteiger partial charge in [0.05, 0.1) is 6.10 Å². The Morgan fingerprint density at radius 2 is 2.00 bits per heavy atom. The van der Waals surface area contributed by atoms with Gasteiger partial charge < -0.3 is 9.84 Å². The smallest absolute Gasteiger partial charge is 0.109 e. The summed E-state index contributed by atoms with van der Waals surface area (Å²) in [5.74, 6) is 0.328. The van der Waals surface area contributed by atoms with Crippen LogP contribution in [0.5, 0.6) is 0 Å². The van der Waals surface area contributed by atoms with E-state index in [2.05, 4.69) is 6.92 Å².